The zero-order valence-corrected chi connectivity index (χ0v) is 9.96. The van der Waals surface area contributed by atoms with Crippen LogP contribution in [0.3, 0.4) is 0 Å². The van der Waals surface area contributed by atoms with E-state index in [0.717, 1.165) is 0 Å². The topological polar surface area (TPSA) is 94.8 Å². The van der Waals surface area contributed by atoms with Crippen LogP contribution in [0.2, 0.25) is 0 Å². The van der Waals surface area contributed by atoms with Crippen molar-refractivity contribution in [2.24, 2.45) is 5.92 Å². The van der Waals surface area contributed by atoms with Crippen molar-refractivity contribution in [2.45, 2.75) is 32.8 Å². The molecule has 2 atom stereocenters. The lowest BCUT2D eigenvalue weighted by atomic mass is 9.98. The summed E-state index contributed by atoms with van der Waals surface area (Å²) in [7, 11) is 0. The van der Waals surface area contributed by atoms with Crippen LogP contribution in [0.4, 0.5) is 0 Å². The average Bonchev–Trinajstić information content (AvgIpc) is 2.22. The molecule has 17 heavy (non-hydrogen) atoms. The van der Waals surface area contributed by atoms with Crippen LogP contribution < -0.4 is 0 Å². The van der Waals surface area contributed by atoms with E-state index in [1.54, 1.807) is 19.1 Å². The van der Waals surface area contributed by atoms with Gasteiger partial charge in [0.1, 0.15) is 0 Å². The Kier molecular flexibility index (Phi) is 6.89. The maximum atomic E-state index is 10.4. The fraction of sp³-hybridized carbons (Fsp3) is 0.500. The van der Waals surface area contributed by atoms with Crippen LogP contribution in [-0.2, 0) is 9.59 Å². The van der Waals surface area contributed by atoms with Gasteiger partial charge in [-0.15, -0.1) is 0 Å². The summed E-state index contributed by atoms with van der Waals surface area (Å²) in [6.07, 6.45) is 4.09. The Morgan fingerprint density at radius 1 is 1.29 bits per heavy atom. The maximum absolute atomic E-state index is 10.4. The molecule has 0 heterocycles. The highest BCUT2D eigenvalue weighted by Gasteiger charge is 2.15. The van der Waals surface area contributed by atoms with Crippen molar-refractivity contribution in [2.75, 3.05) is 0 Å². The number of hydrogen-bond acceptors (Lipinski definition) is 3. The first kappa shape index (κ1) is 15.4. The first-order valence-corrected chi connectivity index (χ1v) is 5.31. The molecule has 0 fully saturated rings. The lowest BCUT2D eigenvalue weighted by molar-refractivity contribution is -0.140. The zero-order valence-electron chi connectivity index (χ0n) is 9.96. The summed E-state index contributed by atoms with van der Waals surface area (Å²) < 4.78 is 0. The SMILES string of the molecule is C/C(=C\C=C\CC(C)[C@@H](O)CC(=O)O)C(=O)O. The second-order valence-electron chi connectivity index (χ2n) is 3.96. The second kappa shape index (κ2) is 7.62. The highest BCUT2D eigenvalue weighted by Crippen LogP contribution is 2.12. The number of carboxylic acid groups (broad SMARTS) is 2. The fourth-order valence-electron chi connectivity index (χ4n) is 1.11. The first-order valence-electron chi connectivity index (χ1n) is 5.31. The molecule has 3 N–H and O–H groups in total. The van der Waals surface area contributed by atoms with Gasteiger partial charge >= 0.3 is 11.9 Å². The predicted molar refractivity (Wildman–Crippen MR) is 62.6 cm³/mol. The number of carbonyl (C=O) groups is 2. The molecule has 0 aliphatic rings. The van der Waals surface area contributed by atoms with Crippen molar-refractivity contribution < 1.29 is 24.9 Å². The van der Waals surface area contributed by atoms with Crippen LogP contribution >= 0.6 is 0 Å². The molecule has 0 saturated carbocycles. The van der Waals surface area contributed by atoms with Gasteiger partial charge in [0.15, 0.2) is 0 Å². The number of aliphatic carboxylic acids is 2. The molecule has 0 radical (unpaired) electrons. The highest BCUT2D eigenvalue weighted by atomic mass is 16.4. The van der Waals surface area contributed by atoms with E-state index in [2.05, 4.69) is 0 Å². The summed E-state index contributed by atoms with van der Waals surface area (Å²) >= 11 is 0. The monoisotopic (exact) mass is 242 g/mol. The Morgan fingerprint density at radius 3 is 2.35 bits per heavy atom. The third kappa shape index (κ3) is 7.30. The largest absolute Gasteiger partial charge is 0.481 e. The second-order valence-corrected chi connectivity index (χ2v) is 3.96. The van der Waals surface area contributed by atoms with Crippen LogP contribution in [0.25, 0.3) is 0 Å². The molecule has 0 aliphatic heterocycles. The van der Waals surface area contributed by atoms with Gasteiger partial charge in [0.25, 0.3) is 0 Å². The summed E-state index contributed by atoms with van der Waals surface area (Å²) in [5.74, 6) is -2.19. The number of aliphatic hydroxyl groups is 1. The molecule has 0 saturated heterocycles. The number of rotatable bonds is 7. The van der Waals surface area contributed by atoms with Gasteiger partial charge in [-0.25, -0.2) is 4.79 Å². The molecule has 96 valence electrons. The Labute approximate surface area is 100 Å². The molecule has 0 aromatic heterocycles. The van der Waals surface area contributed by atoms with E-state index < -0.39 is 18.0 Å². The predicted octanol–water partition coefficient (Wildman–Crippen LogP) is 1.44. The van der Waals surface area contributed by atoms with Gasteiger partial charge in [-0.2, -0.15) is 0 Å². The zero-order chi connectivity index (χ0) is 13.4. The molecule has 5 heteroatoms. The van der Waals surface area contributed by atoms with Gasteiger partial charge in [0, 0.05) is 5.57 Å². The Bertz CT molecular complexity index is 330. The van der Waals surface area contributed by atoms with E-state index in [0.29, 0.717) is 6.42 Å². The average molecular weight is 242 g/mol. The molecular formula is C12H18O5. The summed E-state index contributed by atoms with van der Waals surface area (Å²) in [6, 6.07) is 0. The summed E-state index contributed by atoms with van der Waals surface area (Å²) in [5, 5.41) is 26.5. The van der Waals surface area contributed by atoms with E-state index in [1.165, 1.54) is 13.0 Å². The molecule has 0 amide bonds. The third-order valence-corrected chi connectivity index (χ3v) is 2.37. The van der Waals surface area contributed by atoms with Gasteiger partial charge < -0.3 is 15.3 Å². The Morgan fingerprint density at radius 2 is 1.88 bits per heavy atom. The van der Waals surface area contributed by atoms with Crippen LogP contribution in [0, 0.1) is 5.92 Å². The van der Waals surface area contributed by atoms with Crippen LogP contribution in [0.1, 0.15) is 26.7 Å². The molecule has 0 bridgehead atoms. The molecule has 5 nitrogen and oxygen atoms in total. The molecule has 0 aromatic carbocycles. The van der Waals surface area contributed by atoms with Crippen LogP contribution in [-0.4, -0.2) is 33.4 Å². The lowest BCUT2D eigenvalue weighted by Gasteiger charge is -2.14. The summed E-state index contributed by atoms with van der Waals surface area (Å²) in [6.45, 7) is 3.22. The highest BCUT2D eigenvalue weighted by molar-refractivity contribution is 5.86. The quantitative estimate of drug-likeness (QED) is 0.463. The minimum absolute atomic E-state index is 0.180. The summed E-state index contributed by atoms with van der Waals surface area (Å²) in [5.41, 5.74) is 0.222. The Balaban J connectivity index is 4.11. The van der Waals surface area contributed by atoms with Gasteiger partial charge in [0.2, 0.25) is 0 Å². The molecule has 1 unspecified atom stereocenters. The number of carboxylic acids is 2. The van der Waals surface area contributed by atoms with E-state index >= 15 is 0 Å². The van der Waals surface area contributed by atoms with E-state index in [9.17, 15) is 14.7 Å². The van der Waals surface area contributed by atoms with Gasteiger partial charge in [-0.05, 0) is 19.3 Å². The van der Waals surface area contributed by atoms with E-state index in [1.807, 2.05) is 0 Å². The maximum Gasteiger partial charge on any atom is 0.331 e. The molecule has 0 aliphatic carbocycles. The Hall–Kier alpha value is -1.62. The van der Waals surface area contributed by atoms with Gasteiger partial charge in [-0.3, -0.25) is 4.79 Å². The summed E-state index contributed by atoms with van der Waals surface area (Å²) in [4.78, 5) is 20.8. The van der Waals surface area contributed by atoms with Crippen LogP contribution in [0.5, 0.6) is 0 Å². The van der Waals surface area contributed by atoms with E-state index in [4.69, 9.17) is 10.2 Å². The van der Waals surface area contributed by atoms with Crippen molar-refractivity contribution >= 4 is 11.9 Å². The molecule has 0 spiro atoms. The minimum atomic E-state index is -1.03. The van der Waals surface area contributed by atoms with Crippen molar-refractivity contribution in [1.29, 1.82) is 0 Å². The normalized spacial score (nSPS) is 15.8. The minimum Gasteiger partial charge on any atom is -0.481 e. The first-order chi connectivity index (χ1) is 7.84. The van der Waals surface area contributed by atoms with Crippen molar-refractivity contribution in [3.63, 3.8) is 0 Å². The molecule has 0 aromatic rings. The number of allylic oxidation sites excluding steroid dienone is 3. The standard InChI is InChI=1S/C12H18O5/c1-8(10(13)7-11(14)15)5-3-4-6-9(2)12(16)17/h3-4,6,8,10,13H,5,7H2,1-2H3,(H,14,15)(H,16,17)/b4-3+,9-6+/t8?,10-/m0/s1. The number of aliphatic hydroxyl groups excluding tert-OH is 1. The third-order valence-electron chi connectivity index (χ3n) is 2.37. The van der Waals surface area contributed by atoms with E-state index in [-0.39, 0.29) is 17.9 Å². The molecular weight excluding hydrogens is 224 g/mol. The fourth-order valence-corrected chi connectivity index (χ4v) is 1.11. The van der Waals surface area contributed by atoms with Crippen molar-refractivity contribution in [3.8, 4) is 0 Å². The van der Waals surface area contributed by atoms with Crippen molar-refractivity contribution in [3.05, 3.63) is 23.8 Å². The smallest absolute Gasteiger partial charge is 0.331 e. The van der Waals surface area contributed by atoms with Gasteiger partial charge in [-0.1, -0.05) is 25.2 Å². The number of hydrogen-bond donors (Lipinski definition) is 3. The van der Waals surface area contributed by atoms with Crippen LogP contribution in [0.15, 0.2) is 23.8 Å². The lowest BCUT2D eigenvalue weighted by Crippen LogP contribution is -2.20. The van der Waals surface area contributed by atoms with Gasteiger partial charge in [0.05, 0.1) is 12.5 Å². The molecule has 0 rings (SSSR count). The van der Waals surface area contributed by atoms with Crippen molar-refractivity contribution in [1.82, 2.24) is 0 Å².